The van der Waals surface area contributed by atoms with Crippen molar-refractivity contribution in [1.29, 1.82) is 0 Å². The average molecular weight is 330 g/mol. The molecule has 8 heteroatoms. The lowest BCUT2D eigenvalue weighted by Crippen LogP contribution is -2.41. The van der Waals surface area contributed by atoms with Gasteiger partial charge in [-0.2, -0.15) is 0 Å². The van der Waals surface area contributed by atoms with Crippen LogP contribution in [0.25, 0.3) is 10.8 Å². The highest BCUT2D eigenvalue weighted by Crippen LogP contribution is 2.29. The number of hydrogen-bond donors (Lipinski definition) is 3. The second-order valence-corrected chi connectivity index (χ2v) is 5.83. The zero-order valence-corrected chi connectivity index (χ0v) is 13.3. The third kappa shape index (κ3) is 3.16. The number of aromatic amines is 1. The van der Waals surface area contributed by atoms with Crippen LogP contribution >= 0.6 is 11.3 Å². The van der Waals surface area contributed by atoms with Crippen LogP contribution in [0.3, 0.4) is 0 Å². The fourth-order valence-corrected chi connectivity index (χ4v) is 2.89. The molecule has 2 amide bonds. The van der Waals surface area contributed by atoms with Crippen LogP contribution in [0.15, 0.2) is 34.9 Å². The molecule has 118 valence electrons. The second-order valence-electron chi connectivity index (χ2n) is 4.84. The van der Waals surface area contributed by atoms with Crippen molar-refractivity contribution in [3.8, 4) is 10.8 Å². The van der Waals surface area contributed by atoms with Crippen molar-refractivity contribution in [2.24, 2.45) is 0 Å². The Kier molecular flexibility index (Phi) is 3.98. The number of nitrogens with one attached hydrogen (secondary N) is 3. The van der Waals surface area contributed by atoms with Gasteiger partial charge < -0.3 is 9.40 Å². The third-order valence-electron chi connectivity index (χ3n) is 3.09. The molecule has 23 heavy (non-hydrogen) atoms. The van der Waals surface area contributed by atoms with Gasteiger partial charge in [-0.15, -0.1) is 11.3 Å². The van der Waals surface area contributed by atoms with E-state index in [-0.39, 0.29) is 0 Å². The predicted molar refractivity (Wildman–Crippen MR) is 85.0 cm³/mol. The summed E-state index contributed by atoms with van der Waals surface area (Å²) in [5.41, 5.74) is 5.66. The summed E-state index contributed by atoms with van der Waals surface area (Å²) in [6, 6.07) is 6.95. The number of rotatable bonds is 3. The highest BCUT2D eigenvalue weighted by Gasteiger charge is 2.18. The van der Waals surface area contributed by atoms with Crippen LogP contribution in [-0.4, -0.2) is 21.8 Å². The van der Waals surface area contributed by atoms with E-state index in [2.05, 4.69) is 20.8 Å². The summed E-state index contributed by atoms with van der Waals surface area (Å²) >= 11 is 1.21. The minimum atomic E-state index is -0.424. The highest BCUT2D eigenvalue weighted by atomic mass is 32.1. The number of thiazole rings is 1. The van der Waals surface area contributed by atoms with E-state index < -0.39 is 11.8 Å². The summed E-state index contributed by atoms with van der Waals surface area (Å²) < 4.78 is 5.51. The molecular formula is C15H14N4O3S. The average Bonchev–Trinajstić information content (AvgIpc) is 3.24. The Labute approximate surface area is 135 Å². The van der Waals surface area contributed by atoms with Gasteiger partial charge >= 0.3 is 0 Å². The molecule has 0 unspecified atom stereocenters. The molecular weight excluding hydrogens is 316 g/mol. The van der Waals surface area contributed by atoms with Gasteiger partial charge in [0.2, 0.25) is 0 Å². The maximum Gasteiger partial charge on any atom is 0.286 e. The van der Waals surface area contributed by atoms with Crippen molar-refractivity contribution in [3.05, 3.63) is 52.5 Å². The van der Waals surface area contributed by atoms with E-state index in [9.17, 15) is 9.59 Å². The first-order valence-electron chi connectivity index (χ1n) is 6.83. The number of aromatic nitrogens is 2. The van der Waals surface area contributed by atoms with Crippen LogP contribution in [0.2, 0.25) is 0 Å². The van der Waals surface area contributed by atoms with Gasteiger partial charge in [0, 0.05) is 6.20 Å². The van der Waals surface area contributed by atoms with Gasteiger partial charge in [0.05, 0.1) is 5.69 Å². The minimum absolute atomic E-state index is 0.359. The lowest BCUT2D eigenvalue weighted by atomic mass is 10.4. The monoisotopic (exact) mass is 330 g/mol. The summed E-state index contributed by atoms with van der Waals surface area (Å²) in [5, 5.41) is 0.622. The molecule has 0 fully saturated rings. The molecule has 3 N–H and O–H groups in total. The van der Waals surface area contributed by atoms with Crippen LogP contribution in [0.4, 0.5) is 0 Å². The fourth-order valence-electron chi connectivity index (χ4n) is 1.97. The first kappa shape index (κ1) is 15.0. The zero-order valence-electron chi connectivity index (χ0n) is 12.5. The van der Waals surface area contributed by atoms with Gasteiger partial charge in [0.25, 0.3) is 11.8 Å². The Hall–Kier alpha value is -2.87. The van der Waals surface area contributed by atoms with E-state index in [1.165, 1.54) is 11.3 Å². The van der Waals surface area contributed by atoms with Crippen LogP contribution in [0.1, 0.15) is 31.6 Å². The number of carbonyl (C=O) groups excluding carboxylic acids is 2. The van der Waals surface area contributed by atoms with E-state index >= 15 is 0 Å². The minimum Gasteiger partial charge on any atom is -0.459 e. The third-order valence-corrected chi connectivity index (χ3v) is 4.26. The lowest BCUT2D eigenvalue weighted by molar-refractivity contribution is 0.0846. The number of carbonyl (C=O) groups is 2. The topological polar surface area (TPSA) is 100 Å². The molecule has 0 saturated carbocycles. The van der Waals surface area contributed by atoms with Gasteiger partial charge in [-0.3, -0.25) is 20.4 Å². The summed E-state index contributed by atoms with van der Waals surface area (Å²) in [5.74, 6) is 0.545. The molecule has 0 saturated heterocycles. The maximum atomic E-state index is 12.2. The molecule has 3 aromatic heterocycles. The normalized spacial score (nSPS) is 10.5. The smallest absolute Gasteiger partial charge is 0.286 e. The number of furan rings is 1. The summed E-state index contributed by atoms with van der Waals surface area (Å²) in [7, 11) is 0. The summed E-state index contributed by atoms with van der Waals surface area (Å²) in [6.07, 6.45) is 1.63. The van der Waals surface area contributed by atoms with Crippen molar-refractivity contribution in [1.82, 2.24) is 20.8 Å². The van der Waals surface area contributed by atoms with Crippen molar-refractivity contribution < 1.29 is 14.0 Å². The van der Waals surface area contributed by atoms with E-state index in [4.69, 9.17) is 4.42 Å². The van der Waals surface area contributed by atoms with Crippen LogP contribution in [0.5, 0.6) is 0 Å². The molecule has 0 atom stereocenters. The van der Waals surface area contributed by atoms with Gasteiger partial charge in [0.15, 0.2) is 10.8 Å². The largest absolute Gasteiger partial charge is 0.459 e. The molecule has 3 heterocycles. The Morgan fingerprint density at radius 1 is 1.17 bits per heavy atom. The van der Waals surface area contributed by atoms with Gasteiger partial charge in [0.1, 0.15) is 16.3 Å². The van der Waals surface area contributed by atoms with E-state index in [1.807, 2.05) is 19.1 Å². The van der Waals surface area contributed by atoms with E-state index in [0.29, 0.717) is 27.0 Å². The molecule has 0 aliphatic carbocycles. The molecule has 0 bridgehead atoms. The number of aryl methyl sites for hydroxylation is 2. The SMILES string of the molecule is Cc1ccc(-c2nc(C)c(C(=O)NNC(=O)c3ccc[nH]3)s2)o1. The Morgan fingerprint density at radius 2 is 1.96 bits per heavy atom. The maximum absolute atomic E-state index is 12.2. The number of nitrogens with zero attached hydrogens (tertiary/aromatic N) is 1. The molecule has 7 nitrogen and oxygen atoms in total. The first-order valence-corrected chi connectivity index (χ1v) is 7.64. The molecule has 0 radical (unpaired) electrons. The summed E-state index contributed by atoms with van der Waals surface area (Å²) in [4.78, 5) is 31.5. The Bertz CT molecular complexity index is 848. The predicted octanol–water partition coefficient (Wildman–Crippen LogP) is 2.42. The van der Waals surface area contributed by atoms with Crippen LogP contribution < -0.4 is 10.9 Å². The molecule has 0 spiro atoms. The van der Waals surface area contributed by atoms with Gasteiger partial charge in [-0.05, 0) is 38.1 Å². The second kappa shape index (κ2) is 6.09. The quantitative estimate of drug-likeness (QED) is 0.642. The molecule has 3 aromatic rings. The number of hydrogen-bond acceptors (Lipinski definition) is 5. The van der Waals surface area contributed by atoms with Gasteiger partial charge in [-0.1, -0.05) is 0 Å². The number of amides is 2. The van der Waals surface area contributed by atoms with E-state index in [0.717, 1.165) is 5.76 Å². The molecule has 0 aromatic carbocycles. The van der Waals surface area contributed by atoms with E-state index in [1.54, 1.807) is 25.3 Å². The molecule has 0 aliphatic rings. The van der Waals surface area contributed by atoms with Crippen LogP contribution in [-0.2, 0) is 0 Å². The number of hydrazine groups is 1. The standard InChI is InChI=1S/C15H14N4O3S/c1-8-5-6-11(22-8)15-17-9(2)12(23-15)14(21)19-18-13(20)10-4-3-7-16-10/h3-7,16H,1-2H3,(H,18,20)(H,19,21). The Morgan fingerprint density at radius 3 is 2.61 bits per heavy atom. The van der Waals surface area contributed by atoms with Crippen molar-refractivity contribution in [2.75, 3.05) is 0 Å². The van der Waals surface area contributed by atoms with Crippen molar-refractivity contribution in [3.63, 3.8) is 0 Å². The van der Waals surface area contributed by atoms with Gasteiger partial charge in [-0.25, -0.2) is 4.98 Å². The van der Waals surface area contributed by atoms with Crippen molar-refractivity contribution in [2.45, 2.75) is 13.8 Å². The zero-order chi connectivity index (χ0) is 16.4. The van der Waals surface area contributed by atoms with Crippen LogP contribution in [0, 0.1) is 13.8 Å². The Balaban J connectivity index is 1.70. The highest BCUT2D eigenvalue weighted by molar-refractivity contribution is 7.17. The number of H-pyrrole nitrogens is 1. The lowest BCUT2D eigenvalue weighted by Gasteiger charge is -2.05. The molecule has 0 aliphatic heterocycles. The van der Waals surface area contributed by atoms with Crippen molar-refractivity contribution >= 4 is 23.2 Å². The fraction of sp³-hybridized carbons (Fsp3) is 0.133. The first-order chi connectivity index (χ1) is 11.0. The molecule has 3 rings (SSSR count). The summed E-state index contributed by atoms with van der Waals surface area (Å²) in [6.45, 7) is 3.57.